The zero-order chi connectivity index (χ0) is 9.10. The molecule has 3 rings (SSSR count). The molecule has 3 unspecified atom stereocenters. The van der Waals surface area contributed by atoms with Crippen LogP contribution < -0.4 is 5.73 Å². The molecule has 0 heterocycles. The molecule has 2 nitrogen and oxygen atoms in total. The Labute approximate surface area is 79.5 Å². The summed E-state index contributed by atoms with van der Waals surface area (Å²) < 4.78 is 0. The van der Waals surface area contributed by atoms with Crippen molar-refractivity contribution in [2.24, 2.45) is 23.0 Å². The van der Waals surface area contributed by atoms with E-state index in [0.29, 0.717) is 12.5 Å². The Balaban J connectivity index is 1.89. The first-order valence-corrected chi connectivity index (χ1v) is 5.64. The number of rotatable bonds is 2. The highest BCUT2D eigenvalue weighted by molar-refractivity contribution is 5.17. The molecule has 3 atom stereocenters. The van der Waals surface area contributed by atoms with Crippen LogP contribution in [0.1, 0.15) is 38.5 Å². The summed E-state index contributed by atoms with van der Waals surface area (Å²) in [5.74, 6) is 1.48. The van der Waals surface area contributed by atoms with Crippen molar-refractivity contribution >= 4 is 0 Å². The van der Waals surface area contributed by atoms with Crippen molar-refractivity contribution in [1.29, 1.82) is 0 Å². The summed E-state index contributed by atoms with van der Waals surface area (Å²) in [5, 5.41) is 10.7. The fourth-order valence-corrected chi connectivity index (χ4v) is 3.82. The molecule has 0 amide bonds. The molecule has 0 aromatic heterocycles. The SMILES string of the molecule is NCC1(C2(O)CCC3CC32)CCC1. The monoisotopic (exact) mass is 181 g/mol. The molecule has 0 radical (unpaired) electrons. The molecule has 0 spiro atoms. The van der Waals surface area contributed by atoms with Crippen LogP contribution in [0.15, 0.2) is 0 Å². The molecule has 3 aliphatic carbocycles. The highest BCUT2D eigenvalue weighted by atomic mass is 16.3. The molecule has 3 aliphatic rings. The third-order valence-electron chi connectivity index (χ3n) is 5.05. The molecule has 3 N–H and O–H groups in total. The van der Waals surface area contributed by atoms with Gasteiger partial charge in [-0.05, 0) is 43.9 Å². The molecule has 13 heavy (non-hydrogen) atoms. The number of aliphatic hydroxyl groups is 1. The lowest BCUT2D eigenvalue weighted by Crippen LogP contribution is -2.57. The van der Waals surface area contributed by atoms with Crippen LogP contribution in [0.5, 0.6) is 0 Å². The lowest BCUT2D eigenvalue weighted by molar-refractivity contribution is -0.132. The van der Waals surface area contributed by atoms with Gasteiger partial charge < -0.3 is 10.8 Å². The topological polar surface area (TPSA) is 46.2 Å². The second-order valence-electron chi connectivity index (χ2n) is 5.40. The summed E-state index contributed by atoms with van der Waals surface area (Å²) in [6.45, 7) is 0.701. The minimum absolute atomic E-state index is 0.128. The zero-order valence-electron chi connectivity index (χ0n) is 8.13. The fraction of sp³-hybridized carbons (Fsp3) is 1.00. The number of hydrogen-bond donors (Lipinski definition) is 2. The van der Waals surface area contributed by atoms with Crippen molar-refractivity contribution in [3.05, 3.63) is 0 Å². The van der Waals surface area contributed by atoms with Crippen molar-refractivity contribution in [3.8, 4) is 0 Å². The normalized spacial score (nSPS) is 51.2. The Bertz CT molecular complexity index is 231. The van der Waals surface area contributed by atoms with Crippen molar-refractivity contribution in [2.45, 2.75) is 44.1 Å². The van der Waals surface area contributed by atoms with Gasteiger partial charge in [-0.2, -0.15) is 0 Å². The van der Waals surface area contributed by atoms with E-state index in [-0.39, 0.29) is 11.0 Å². The third kappa shape index (κ3) is 0.816. The maximum atomic E-state index is 10.7. The smallest absolute Gasteiger partial charge is 0.0746 e. The summed E-state index contributed by atoms with van der Waals surface area (Å²) >= 11 is 0. The summed E-state index contributed by atoms with van der Waals surface area (Å²) in [4.78, 5) is 0. The maximum absolute atomic E-state index is 10.7. The molecule has 0 saturated heterocycles. The van der Waals surface area contributed by atoms with E-state index in [1.807, 2.05) is 0 Å². The van der Waals surface area contributed by atoms with Crippen molar-refractivity contribution in [3.63, 3.8) is 0 Å². The van der Waals surface area contributed by atoms with Gasteiger partial charge in [0, 0.05) is 12.0 Å². The first-order chi connectivity index (χ1) is 6.22. The highest BCUT2D eigenvalue weighted by Gasteiger charge is 2.66. The number of fused-ring (bicyclic) bond motifs is 1. The van der Waals surface area contributed by atoms with E-state index in [0.717, 1.165) is 12.3 Å². The van der Waals surface area contributed by atoms with Crippen LogP contribution in [0, 0.1) is 17.3 Å². The van der Waals surface area contributed by atoms with Gasteiger partial charge in [0.1, 0.15) is 0 Å². The molecular weight excluding hydrogens is 162 g/mol. The van der Waals surface area contributed by atoms with Gasteiger partial charge in [-0.1, -0.05) is 6.42 Å². The van der Waals surface area contributed by atoms with Crippen molar-refractivity contribution in [1.82, 2.24) is 0 Å². The largest absolute Gasteiger partial charge is 0.389 e. The molecule has 0 bridgehead atoms. The molecule has 0 aromatic rings. The first kappa shape index (κ1) is 8.25. The van der Waals surface area contributed by atoms with E-state index >= 15 is 0 Å². The maximum Gasteiger partial charge on any atom is 0.0746 e. The van der Waals surface area contributed by atoms with Gasteiger partial charge in [-0.3, -0.25) is 0 Å². The Morgan fingerprint density at radius 3 is 2.38 bits per heavy atom. The lowest BCUT2D eigenvalue weighted by atomic mass is 9.57. The van der Waals surface area contributed by atoms with Crippen LogP contribution in [0.25, 0.3) is 0 Å². The van der Waals surface area contributed by atoms with Gasteiger partial charge in [0.2, 0.25) is 0 Å². The average Bonchev–Trinajstić information content (AvgIpc) is 2.73. The van der Waals surface area contributed by atoms with E-state index in [2.05, 4.69) is 0 Å². The summed E-state index contributed by atoms with van der Waals surface area (Å²) in [6, 6.07) is 0. The van der Waals surface area contributed by atoms with E-state index in [4.69, 9.17) is 5.73 Å². The zero-order valence-corrected chi connectivity index (χ0v) is 8.13. The van der Waals surface area contributed by atoms with Gasteiger partial charge in [0.15, 0.2) is 0 Å². The third-order valence-corrected chi connectivity index (χ3v) is 5.05. The predicted octanol–water partition coefficient (Wildman–Crippen LogP) is 1.28. The van der Waals surface area contributed by atoms with Crippen LogP contribution in [0.4, 0.5) is 0 Å². The number of nitrogens with two attached hydrogens (primary N) is 1. The molecule has 0 aliphatic heterocycles. The summed E-state index contributed by atoms with van der Waals surface area (Å²) in [6.07, 6.45) is 7.17. The predicted molar refractivity (Wildman–Crippen MR) is 51.1 cm³/mol. The Kier molecular flexibility index (Phi) is 1.45. The Hall–Kier alpha value is -0.0800. The van der Waals surface area contributed by atoms with Crippen molar-refractivity contribution in [2.75, 3.05) is 6.54 Å². The summed E-state index contributed by atoms with van der Waals surface area (Å²) in [5.41, 5.74) is 5.63. The first-order valence-electron chi connectivity index (χ1n) is 5.64. The molecule has 74 valence electrons. The van der Waals surface area contributed by atoms with Crippen LogP contribution in [-0.2, 0) is 0 Å². The van der Waals surface area contributed by atoms with E-state index in [9.17, 15) is 5.11 Å². The average molecular weight is 181 g/mol. The Morgan fingerprint density at radius 1 is 1.31 bits per heavy atom. The fourth-order valence-electron chi connectivity index (χ4n) is 3.82. The van der Waals surface area contributed by atoms with Gasteiger partial charge in [0.05, 0.1) is 5.60 Å². The minimum Gasteiger partial charge on any atom is -0.389 e. The van der Waals surface area contributed by atoms with Gasteiger partial charge in [0.25, 0.3) is 0 Å². The van der Waals surface area contributed by atoms with E-state index in [1.54, 1.807) is 0 Å². The van der Waals surface area contributed by atoms with E-state index in [1.165, 1.54) is 32.1 Å². The minimum atomic E-state index is -0.356. The second kappa shape index (κ2) is 2.29. The second-order valence-corrected chi connectivity index (χ2v) is 5.40. The van der Waals surface area contributed by atoms with Gasteiger partial charge >= 0.3 is 0 Å². The van der Waals surface area contributed by atoms with Gasteiger partial charge in [-0.25, -0.2) is 0 Å². The van der Waals surface area contributed by atoms with Crippen LogP contribution >= 0.6 is 0 Å². The Morgan fingerprint density at radius 2 is 2.08 bits per heavy atom. The standard InChI is InChI=1S/C11H19NO/c12-7-10(3-1-4-10)11(13)5-2-8-6-9(8)11/h8-9,13H,1-7,12H2. The van der Waals surface area contributed by atoms with Crippen LogP contribution in [-0.4, -0.2) is 17.3 Å². The molecular formula is C11H19NO. The number of hydrogen-bond acceptors (Lipinski definition) is 2. The van der Waals surface area contributed by atoms with Crippen LogP contribution in [0.2, 0.25) is 0 Å². The summed E-state index contributed by atoms with van der Waals surface area (Å²) in [7, 11) is 0. The van der Waals surface area contributed by atoms with E-state index < -0.39 is 0 Å². The molecule has 2 heteroatoms. The highest BCUT2D eigenvalue weighted by Crippen LogP contribution is 2.66. The lowest BCUT2D eigenvalue weighted by Gasteiger charge is -2.52. The van der Waals surface area contributed by atoms with Crippen LogP contribution in [0.3, 0.4) is 0 Å². The van der Waals surface area contributed by atoms with Crippen molar-refractivity contribution < 1.29 is 5.11 Å². The quantitative estimate of drug-likeness (QED) is 0.674. The molecule has 3 fully saturated rings. The molecule has 0 aromatic carbocycles. The molecule has 3 saturated carbocycles. The van der Waals surface area contributed by atoms with Gasteiger partial charge in [-0.15, -0.1) is 0 Å².